The molecule has 1 aromatic carbocycles. The summed E-state index contributed by atoms with van der Waals surface area (Å²) in [7, 11) is 0. The van der Waals surface area contributed by atoms with Crippen LogP contribution in [0.25, 0.3) is 22.4 Å². The van der Waals surface area contributed by atoms with E-state index in [4.69, 9.17) is 23.2 Å². The van der Waals surface area contributed by atoms with Gasteiger partial charge in [0, 0.05) is 18.0 Å². The predicted molar refractivity (Wildman–Crippen MR) is 69.3 cm³/mol. The lowest BCUT2D eigenvalue weighted by atomic mass is 10.2. The van der Waals surface area contributed by atoms with Gasteiger partial charge in [-0.1, -0.05) is 29.3 Å². The minimum absolute atomic E-state index is 0.558. The number of rotatable bonds is 1. The van der Waals surface area contributed by atoms with Gasteiger partial charge in [-0.05, 0) is 18.2 Å². The molecule has 3 nitrogen and oxygen atoms in total. The van der Waals surface area contributed by atoms with E-state index in [1.165, 1.54) is 0 Å². The summed E-state index contributed by atoms with van der Waals surface area (Å²) >= 11 is 12.1. The minimum Gasteiger partial charge on any atom is -0.338 e. The van der Waals surface area contributed by atoms with E-state index in [2.05, 4.69) is 15.0 Å². The summed E-state index contributed by atoms with van der Waals surface area (Å²) in [6.45, 7) is 0. The van der Waals surface area contributed by atoms with E-state index >= 15 is 0 Å². The number of H-pyrrole nitrogens is 1. The Hall–Kier alpha value is -1.58. The standard InChI is InChI=1S/C12H7Cl2N3/c13-8-2-1-3-10-11(8)17-12(16-10)7-4-5-15-6-9(7)14/h1-6H,(H,16,17). The van der Waals surface area contributed by atoms with Crippen molar-refractivity contribution in [1.29, 1.82) is 0 Å². The predicted octanol–water partition coefficient (Wildman–Crippen LogP) is 3.93. The number of hydrogen-bond acceptors (Lipinski definition) is 2. The molecule has 0 bridgehead atoms. The third-order valence-electron chi connectivity index (χ3n) is 2.49. The van der Waals surface area contributed by atoms with Crippen LogP contribution in [0.15, 0.2) is 36.7 Å². The monoisotopic (exact) mass is 263 g/mol. The van der Waals surface area contributed by atoms with Gasteiger partial charge in [0.15, 0.2) is 0 Å². The van der Waals surface area contributed by atoms with Crippen LogP contribution in [0.3, 0.4) is 0 Å². The first-order valence-electron chi connectivity index (χ1n) is 5.00. The molecule has 0 aliphatic rings. The molecule has 3 rings (SSSR count). The molecule has 1 N–H and O–H groups in total. The van der Waals surface area contributed by atoms with E-state index in [1.54, 1.807) is 12.4 Å². The third-order valence-corrected chi connectivity index (χ3v) is 3.10. The molecule has 2 aromatic heterocycles. The Morgan fingerprint density at radius 2 is 1.94 bits per heavy atom. The number of nitrogens with one attached hydrogen (secondary N) is 1. The van der Waals surface area contributed by atoms with Crippen molar-refractivity contribution in [3.63, 3.8) is 0 Å². The first kappa shape index (κ1) is 10.6. The van der Waals surface area contributed by atoms with Gasteiger partial charge < -0.3 is 4.98 Å². The Balaban J connectivity index is 2.26. The fourth-order valence-electron chi connectivity index (χ4n) is 1.69. The quantitative estimate of drug-likeness (QED) is 0.723. The first-order chi connectivity index (χ1) is 8.25. The van der Waals surface area contributed by atoms with Crippen LogP contribution in [0.1, 0.15) is 0 Å². The van der Waals surface area contributed by atoms with Crippen LogP contribution >= 0.6 is 23.2 Å². The summed E-state index contributed by atoms with van der Waals surface area (Å²) in [4.78, 5) is 11.6. The second-order valence-corrected chi connectivity index (χ2v) is 4.39. The molecule has 2 heterocycles. The highest BCUT2D eigenvalue weighted by molar-refractivity contribution is 6.35. The van der Waals surface area contributed by atoms with Gasteiger partial charge in [0.1, 0.15) is 11.3 Å². The van der Waals surface area contributed by atoms with Crippen molar-refractivity contribution in [3.8, 4) is 11.4 Å². The Morgan fingerprint density at radius 1 is 1.06 bits per heavy atom. The van der Waals surface area contributed by atoms with Gasteiger partial charge >= 0.3 is 0 Å². The van der Waals surface area contributed by atoms with Gasteiger partial charge in [0.2, 0.25) is 0 Å². The first-order valence-corrected chi connectivity index (χ1v) is 5.75. The molecule has 17 heavy (non-hydrogen) atoms. The maximum absolute atomic E-state index is 6.07. The summed E-state index contributed by atoms with van der Waals surface area (Å²) in [5.74, 6) is 0.695. The van der Waals surface area contributed by atoms with E-state index in [-0.39, 0.29) is 0 Å². The largest absolute Gasteiger partial charge is 0.338 e. The van der Waals surface area contributed by atoms with Crippen LogP contribution in [0.5, 0.6) is 0 Å². The number of aromatic nitrogens is 3. The number of para-hydroxylation sites is 1. The maximum atomic E-state index is 6.07. The van der Waals surface area contributed by atoms with E-state index in [0.717, 1.165) is 16.6 Å². The molecule has 0 saturated carbocycles. The van der Waals surface area contributed by atoms with Crippen LogP contribution in [0.4, 0.5) is 0 Å². The van der Waals surface area contributed by atoms with Crippen molar-refractivity contribution in [2.24, 2.45) is 0 Å². The van der Waals surface area contributed by atoms with Crippen molar-refractivity contribution in [1.82, 2.24) is 15.0 Å². The van der Waals surface area contributed by atoms with Gasteiger partial charge in [-0.3, -0.25) is 4.98 Å². The topological polar surface area (TPSA) is 41.6 Å². The number of halogens is 2. The zero-order chi connectivity index (χ0) is 11.8. The summed E-state index contributed by atoms with van der Waals surface area (Å²) in [6, 6.07) is 7.42. The van der Waals surface area contributed by atoms with E-state index in [1.807, 2.05) is 24.3 Å². The van der Waals surface area contributed by atoms with Crippen LogP contribution in [-0.2, 0) is 0 Å². The van der Waals surface area contributed by atoms with Gasteiger partial charge in [0.05, 0.1) is 15.6 Å². The third kappa shape index (κ3) is 1.77. The molecule has 5 heteroatoms. The van der Waals surface area contributed by atoms with Crippen molar-refractivity contribution in [3.05, 3.63) is 46.7 Å². The molecule has 0 radical (unpaired) electrons. The van der Waals surface area contributed by atoms with Crippen LogP contribution in [-0.4, -0.2) is 15.0 Å². The molecule has 0 saturated heterocycles. The number of aromatic amines is 1. The Bertz CT molecular complexity index is 691. The maximum Gasteiger partial charge on any atom is 0.140 e. The fraction of sp³-hybridized carbons (Fsp3) is 0. The van der Waals surface area contributed by atoms with Crippen molar-refractivity contribution >= 4 is 34.2 Å². The number of imidazole rings is 1. The number of fused-ring (bicyclic) bond motifs is 1. The van der Waals surface area contributed by atoms with E-state index in [9.17, 15) is 0 Å². The molecule has 0 spiro atoms. The summed E-state index contributed by atoms with van der Waals surface area (Å²) < 4.78 is 0. The van der Waals surface area contributed by atoms with Crippen LogP contribution < -0.4 is 0 Å². The molecule has 0 fully saturated rings. The van der Waals surface area contributed by atoms with Crippen LogP contribution in [0.2, 0.25) is 10.0 Å². The zero-order valence-electron chi connectivity index (χ0n) is 8.61. The zero-order valence-corrected chi connectivity index (χ0v) is 10.1. The molecule has 0 atom stereocenters. The summed E-state index contributed by atoms with van der Waals surface area (Å²) in [5.41, 5.74) is 2.45. The number of pyridine rings is 1. The molecule has 0 unspecified atom stereocenters. The fourth-order valence-corrected chi connectivity index (χ4v) is 2.12. The molecular formula is C12H7Cl2N3. The van der Waals surface area contributed by atoms with Gasteiger partial charge in [0.25, 0.3) is 0 Å². The van der Waals surface area contributed by atoms with Gasteiger partial charge in [-0.2, -0.15) is 0 Å². The lowest BCUT2D eigenvalue weighted by Gasteiger charge is -1.97. The average Bonchev–Trinajstić information content (AvgIpc) is 2.75. The van der Waals surface area contributed by atoms with Crippen molar-refractivity contribution in [2.75, 3.05) is 0 Å². The second kappa shape index (κ2) is 4.02. The minimum atomic E-state index is 0.558. The second-order valence-electron chi connectivity index (χ2n) is 3.58. The highest BCUT2D eigenvalue weighted by Crippen LogP contribution is 2.28. The van der Waals surface area contributed by atoms with E-state index < -0.39 is 0 Å². The lowest BCUT2D eigenvalue weighted by molar-refractivity contribution is 1.28. The van der Waals surface area contributed by atoms with Crippen molar-refractivity contribution in [2.45, 2.75) is 0 Å². The van der Waals surface area contributed by atoms with Crippen LogP contribution in [0, 0.1) is 0 Å². The van der Waals surface area contributed by atoms with Gasteiger partial charge in [-0.25, -0.2) is 4.98 Å². The summed E-state index contributed by atoms with van der Waals surface area (Å²) in [5, 5.41) is 1.18. The normalized spacial score (nSPS) is 10.9. The van der Waals surface area contributed by atoms with Crippen molar-refractivity contribution < 1.29 is 0 Å². The lowest BCUT2D eigenvalue weighted by Crippen LogP contribution is -1.82. The molecule has 0 aliphatic carbocycles. The Morgan fingerprint density at radius 3 is 2.71 bits per heavy atom. The van der Waals surface area contributed by atoms with Gasteiger partial charge in [-0.15, -0.1) is 0 Å². The smallest absolute Gasteiger partial charge is 0.140 e. The number of hydrogen-bond donors (Lipinski definition) is 1. The average molecular weight is 264 g/mol. The highest BCUT2D eigenvalue weighted by Gasteiger charge is 2.10. The number of nitrogens with zero attached hydrogens (tertiary/aromatic N) is 2. The summed E-state index contributed by atoms with van der Waals surface area (Å²) in [6.07, 6.45) is 3.27. The number of benzene rings is 1. The Kier molecular flexibility index (Phi) is 2.50. The molecule has 3 aromatic rings. The molecule has 84 valence electrons. The molecule has 0 amide bonds. The SMILES string of the molecule is Clc1cnccc1-c1nc2c(Cl)cccc2[nH]1. The molecule has 0 aliphatic heterocycles. The van der Waals surface area contributed by atoms with E-state index in [0.29, 0.717) is 15.9 Å². The Labute approximate surface area is 107 Å². The molecular weight excluding hydrogens is 257 g/mol. The highest BCUT2D eigenvalue weighted by atomic mass is 35.5.